The van der Waals surface area contributed by atoms with Crippen molar-refractivity contribution in [2.75, 3.05) is 0 Å². The second-order valence-electron chi connectivity index (χ2n) is 3.11. The Morgan fingerprint density at radius 2 is 1.89 bits per heavy atom. The summed E-state index contributed by atoms with van der Waals surface area (Å²) in [5.74, 6) is -0.101. The number of benzene rings is 1. The van der Waals surface area contributed by atoms with Crippen LogP contribution in [0.15, 0.2) is 53.2 Å². The number of hydrogen-bond acceptors (Lipinski definition) is 2. The van der Waals surface area contributed by atoms with Gasteiger partial charge in [-0.25, -0.2) is 0 Å². The van der Waals surface area contributed by atoms with Gasteiger partial charge in [-0.3, -0.25) is 0 Å². The van der Waals surface area contributed by atoms with Gasteiger partial charge in [0.1, 0.15) is 0 Å². The van der Waals surface area contributed by atoms with Crippen molar-refractivity contribution < 1.29 is 0 Å². The Bertz CT molecular complexity index is 489. The number of nitrogens with two attached hydrogens (primary N) is 2. The SMILES string of the molecule is C=CC(C=Cc1ccccc1Cl)=NN=C(N)N.Cl. The van der Waals surface area contributed by atoms with Crippen molar-refractivity contribution >= 4 is 41.8 Å². The fourth-order valence-corrected chi connectivity index (χ4v) is 1.24. The highest BCUT2D eigenvalue weighted by Gasteiger charge is 1.94. The molecule has 18 heavy (non-hydrogen) atoms. The summed E-state index contributed by atoms with van der Waals surface area (Å²) >= 11 is 5.99. The van der Waals surface area contributed by atoms with E-state index in [1.807, 2.05) is 30.3 Å². The minimum absolute atomic E-state index is 0. The smallest absolute Gasteiger partial charge is 0.211 e. The van der Waals surface area contributed by atoms with Crippen LogP contribution in [0.25, 0.3) is 6.08 Å². The van der Waals surface area contributed by atoms with Crippen LogP contribution in [-0.2, 0) is 0 Å². The molecule has 0 atom stereocenters. The Balaban J connectivity index is 0.00000289. The number of hydrogen-bond donors (Lipinski definition) is 2. The molecule has 96 valence electrons. The Hall–Kier alpha value is -1.78. The number of rotatable bonds is 4. The summed E-state index contributed by atoms with van der Waals surface area (Å²) < 4.78 is 0. The molecular weight excluding hydrogens is 271 g/mol. The summed E-state index contributed by atoms with van der Waals surface area (Å²) in [5.41, 5.74) is 11.8. The molecule has 0 saturated heterocycles. The van der Waals surface area contributed by atoms with Crippen molar-refractivity contribution in [2.24, 2.45) is 21.7 Å². The van der Waals surface area contributed by atoms with Crippen LogP contribution in [0.2, 0.25) is 5.02 Å². The molecule has 0 spiro atoms. The predicted molar refractivity (Wildman–Crippen MR) is 81.2 cm³/mol. The van der Waals surface area contributed by atoms with Crippen LogP contribution >= 0.6 is 24.0 Å². The minimum Gasteiger partial charge on any atom is -0.369 e. The van der Waals surface area contributed by atoms with Gasteiger partial charge in [-0.1, -0.05) is 42.5 Å². The van der Waals surface area contributed by atoms with E-state index >= 15 is 0 Å². The highest BCUT2D eigenvalue weighted by atomic mass is 35.5. The molecule has 0 bridgehead atoms. The van der Waals surface area contributed by atoms with Crippen molar-refractivity contribution in [1.82, 2.24) is 0 Å². The molecule has 0 aliphatic heterocycles. The van der Waals surface area contributed by atoms with Gasteiger partial charge in [-0.2, -0.15) is 0 Å². The van der Waals surface area contributed by atoms with Crippen molar-refractivity contribution in [1.29, 1.82) is 0 Å². The highest BCUT2D eigenvalue weighted by molar-refractivity contribution is 6.32. The fourth-order valence-electron chi connectivity index (χ4n) is 1.04. The van der Waals surface area contributed by atoms with Crippen LogP contribution in [0, 0.1) is 0 Å². The second-order valence-corrected chi connectivity index (χ2v) is 3.52. The van der Waals surface area contributed by atoms with Crippen LogP contribution in [-0.4, -0.2) is 11.7 Å². The Morgan fingerprint density at radius 1 is 1.22 bits per heavy atom. The van der Waals surface area contributed by atoms with Crippen LogP contribution in [0.3, 0.4) is 0 Å². The van der Waals surface area contributed by atoms with E-state index in [0.717, 1.165) is 5.56 Å². The van der Waals surface area contributed by atoms with Crippen LogP contribution in [0.5, 0.6) is 0 Å². The first-order chi connectivity index (χ1) is 8.13. The number of guanidine groups is 1. The molecule has 1 aromatic rings. The summed E-state index contributed by atoms with van der Waals surface area (Å²) in [4.78, 5) is 0. The van der Waals surface area contributed by atoms with Gasteiger partial charge >= 0.3 is 0 Å². The molecular formula is C12H14Cl2N4. The van der Waals surface area contributed by atoms with Crippen molar-refractivity contribution in [3.05, 3.63) is 53.6 Å². The second kappa shape index (κ2) is 8.33. The van der Waals surface area contributed by atoms with E-state index in [9.17, 15) is 0 Å². The van der Waals surface area contributed by atoms with Gasteiger partial charge in [0.05, 0.1) is 5.71 Å². The zero-order valence-corrected chi connectivity index (χ0v) is 11.2. The number of allylic oxidation sites excluding steroid dienone is 2. The van der Waals surface area contributed by atoms with Gasteiger partial charge < -0.3 is 11.5 Å². The van der Waals surface area contributed by atoms with Crippen molar-refractivity contribution in [3.8, 4) is 0 Å². The van der Waals surface area contributed by atoms with E-state index in [0.29, 0.717) is 10.7 Å². The maximum atomic E-state index is 5.99. The van der Waals surface area contributed by atoms with Gasteiger partial charge in [-0.05, 0) is 23.8 Å². The Labute approximate surface area is 117 Å². The van der Waals surface area contributed by atoms with Crippen molar-refractivity contribution in [2.45, 2.75) is 0 Å². The number of halogens is 2. The van der Waals surface area contributed by atoms with E-state index in [1.54, 1.807) is 12.2 Å². The van der Waals surface area contributed by atoms with Gasteiger partial charge in [0.15, 0.2) is 0 Å². The summed E-state index contributed by atoms with van der Waals surface area (Å²) in [6.07, 6.45) is 5.07. The first-order valence-corrected chi connectivity index (χ1v) is 5.23. The van der Waals surface area contributed by atoms with Gasteiger partial charge in [0.2, 0.25) is 5.96 Å². The molecule has 1 aromatic carbocycles. The van der Waals surface area contributed by atoms with E-state index in [4.69, 9.17) is 23.1 Å². The largest absolute Gasteiger partial charge is 0.369 e. The maximum absolute atomic E-state index is 5.99. The molecule has 0 amide bonds. The molecule has 1 rings (SSSR count). The van der Waals surface area contributed by atoms with Crippen LogP contribution in [0.4, 0.5) is 0 Å². The number of nitrogens with zero attached hydrogens (tertiary/aromatic N) is 2. The molecule has 0 aliphatic rings. The average Bonchev–Trinajstić information content (AvgIpc) is 2.31. The zero-order chi connectivity index (χ0) is 12.7. The van der Waals surface area contributed by atoms with Gasteiger partial charge in [0.25, 0.3) is 0 Å². The topological polar surface area (TPSA) is 76.8 Å². The maximum Gasteiger partial charge on any atom is 0.211 e. The lowest BCUT2D eigenvalue weighted by molar-refractivity contribution is 1.21. The van der Waals surface area contributed by atoms with Gasteiger partial charge in [0, 0.05) is 5.02 Å². The normalized spacial score (nSPS) is 10.8. The van der Waals surface area contributed by atoms with Gasteiger partial charge in [-0.15, -0.1) is 22.6 Å². The Kier molecular flexibility index (Phi) is 7.51. The summed E-state index contributed by atoms with van der Waals surface area (Å²) in [6.45, 7) is 3.61. The lowest BCUT2D eigenvalue weighted by Gasteiger charge is -1.96. The molecule has 4 nitrogen and oxygen atoms in total. The molecule has 0 heterocycles. The molecule has 0 unspecified atom stereocenters. The molecule has 6 heteroatoms. The third-order valence-corrected chi connectivity index (χ3v) is 2.17. The monoisotopic (exact) mass is 284 g/mol. The van der Waals surface area contributed by atoms with Crippen molar-refractivity contribution in [3.63, 3.8) is 0 Å². The highest BCUT2D eigenvalue weighted by Crippen LogP contribution is 2.16. The van der Waals surface area contributed by atoms with E-state index < -0.39 is 0 Å². The molecule has 0 radical (unpaired) electrons. The predicted octanol–water partition coefficient (Wildman–Crippen LogP) is 2.59. The molecule has 4 N–H and O–H groups in total. The fraction of sp³-hybridized carbons (Fsp3) is 0. The third-order valence-electron chi connectivity index (χ3n) is 1.83. The van der Waals surface area contributed by atoms with E-state index in [-0.39, 0.29) is 18.4 Å². The Morgan fingerprint density at radius 3 is 2.44 bits per heavy atom. The van der Waals surface area contributed by atoms with Crippen LogP contribution in [0.1, 0.15) is 5.56 Å². The lowest BCUT2D eigenvalue weighted by Crippen LogP contribution is -2.22. The summed E-state index contributed by atoms with van der Waals surface area (Å²) in [5, 5.41) is 7.99. The molecule has 0 aliphatic carbocycles. The first-order valence-electron chi connectivity index (χ1n) is 4.85. The quantitative estimate of drug-likeness (QED) is 0.506. The summed E-state index contributed by atoms with van der Waals surface area (Å²) in [6, 6.07) is 7.45. The first kappa shape index (κ1) is 16.2. The third kappa shape index (κ3) is 5.52. The van der Waals surface area contributed by atoms with E-state index in [2.05, 4.69) is 16.8 Å². The lowest BCUT2D eigenvalue weighted by atomic mass is 10.2. The minimum atomic E-state index is -0.101. The standard InChI is InChI=1S/C12H13ClN4.ClH/c1-2-10(16-17-12(14)15)8-7-9-5-3-4-6-11(9)13;/h2-8H,1H2,(H4,14,15,17);1H. The van der Waals surface area contributed by atoms with E-state index in [1.165, 1.54) is 0 Å². The zero-order valence-electron chi connectivity index (χ0n) is 9.58. The summed E-state index contributed by atoms with van der Waals surface area (Å²) in [7, 11) is 0. The average molecular weight is 285 g/mol. The molecule has 0 aromatic heterocycles. The molecule has 0 fully saturated rings. The van der Waals surface area contributed by atoms with Crippen LogP contribution < -0.4 is 11.5 Å². The molecule has 0 saturated carbocycles.